The Hall–Kier alpha value is -0.0900. The quantitative estimate of drug-likeness (QED) is 0.623. The second-order valence-electron chi connectivity index (χ2n) is 3.75. The minimum atomic E-state index is -2.84. The highest BCUT2D eigenvalue weighted by Crippen LogP contribution is 2.28. The monoisotopic (exact) mass is 178 g/mol. The van der Waals surface area contributed by atoms with Crippen molar-refractivity contribution < 1.29 is 13.5 Å². The van der Waals surface area contributed by atoms with Crippen LogP contribution in [0.4, 0.5) is 0 Å². The number of hydrogen-bond acceptors (Lipinski definition) is 3. The highest BCUT2D eigenvalue weighted by molar-refractivity contribution is 7.91. The zero-order valence-electron chi connectivity index (χ0n) is 6.87. The first-order valence-electron chi connectivity index (χ1n) is 3.74. The third-order valence-electron chi connectivity index (χ3n) is 2.23. The number of aliphatic hydroxyl groups is 1. The molecule has 1 saturated heterocycles. The van der Waals surface area contributed by atoms with E-state index in [9.17, 15) is 13.5 Å². The molecule has 0 amide bonds. The molecule has 1 heterocycles. The molecule has 0 saturated carbocycles. The van der Waals surface area contributed by atoms with E-state index in [4.69, 9.17) is 0 Å². The SMILES string of the molecule is CC(C)(O)C1CCS(=O)(=O)C1. The Labute approximate surface area is 67.3 Å². The summed E-state index contributed by atoms with van der Waals surface area (Å²) in [7, 11) is -2.84. The maximum Gasteiger partial charge on any atom is 0.150 e. The minimum Gasteiger partial charge on any atom is -0.390 e. The number of sulfone groups is 1. The van der Waals surface area contributed by atoms with Crippen LogP contribution in [0.25, 0.3) is 0 Å². The van der Waals surface area contributed by atoms with Crippen LogP contribution in [-0.2, 0) is 9.84 Å². The van der Waals surface area contributed by atoms with Crippen molar-refractivity contribution in [3.05, 3.63) is 0 Å². The van der Waals surface area contributed by atoms with Crippen LogP contribution in [0.2, 0.25) is 0 Å². The first-order chi connectivity index (χ1) is 4.81. The van der Waals surface area contributed by atoms with Gasteiger partial charge in [0.05, 0.1) is 17.1 Å². The zero-order chi connectivity index (χ0) is 8.70. The molecule has 0 aliphatic carbocycles. The molecule has 1 aliphatic rings. The van der Waals surface area contributed by atoms with E-state index >= 15 is 0 Å². The first kappa shape index (κ1) is 9.00. The van der Waals surface area contributed by atoms with Gasteiger partial charge in [0, 0.05) is 5.92 Å². The predicted molar refractivity (Wildman–Crippen MR) is 43.1 cm³/mol. The van der Waals surface area contributed by atoms with Gasteiger partial charge in [-0.25, -0.2) is 8.42 Å². The third kappa shape index (κ3) is 2.17. The average Bonchev–Trinajstić information content (AvgIpc) is 2.07. The largest absolute Gasteiger partial charge is 0.390 e. The Morgan fingerprint density at radius 1 is 1.45 bits per heavy atom. The van der Waals surface area contributed by atoms with E-state index in [-0.39, 0.29) is 17.4 Å². The van der Waals surface area contributed by atoms with Crippen molar-refractivity contribution in [1.29, 1.82) is 0 Å². The molecule has 0 aromatic heterocycles. The van der Waals surface area contributed by atoms with Crippen LogP contribution in [0, 0.1) is 5.92 Å². The lowest BCUT2D eigenvalue weighted by Crippen LogP contribution is -2.31. The van der Waals surface area contributed by atoms with E-state index in [0.29, 0.717) is 6.42 Å². The molecular formula is C7H14O3S. The maximum atomic E-state index is 11.0. The number of hydrogen-bond donors (Lipinski definition) is 1. The van der Waals surface area contributed by atoms with E-state index in [1.807, 2.05) is 0 Å². The lowest BCUT2D eigenvalue weighted by Gasteiger charge is -2.23. The van der Waals surface area contributed by atoms with Crippen molar-refractivity contribution in [2.45, 2.75) is 25.9 Å². The Bertz CT molecular complexity index is 235. The highest BCUT2D eigenvalue weighted by atomic mass is 32.2. The van der Waals surface area contributed by atoms with Crippen LogP contribution in [0.5, 0.6) is 0 Å². The third-order valence-corrected chi connectivity index (χ3v) is 4.00. The summed E-state index contributed by atoms with van der Waals surface area (Å²) in [6.45, 7) is 3.33. The summed E-state index contributed by atoms with van der Waals surface area (Å²) in [5.41, 5.74) is -0.844. The van der Waals surface area contributed by atoms with E-state index in [1.165, 1.54) is 0 Å². The first-order valence-corrected chi connectivity index (χ1v) is 5.56. The van der Waals surface area contributed by atoms with Crippen LogP contribution in [0.15, 0.2) is 0 Å². The molecular weight excluding hydrogens is 164 g/mol. The van der Waals surface area contributed by atoms with Crippen molar-refractivity contribution in [3.8, 4) is 0 Å². The minimum absolute atomic E-state index is 0.0764. The van der Waals surface area contributed by atoms with Gasteiger partial charge in [-0.2, -0.15) is 0 Å². The molecule has 3 nitrogen and oxygen atoms in total. The van der Waals surface area contributed by atoms with Gasteiger partial charge >= 0.3 is 0 Å². The van der Waals surface area contributed by atoms with E-state index in [2.05, 4.69) is 0 Å². The van der Waals surface area contributed by atoms with Crippen LogP contribution in [0.3, 0.4) is 0 Å². The van der Waals surface area contributed by atoms with E-state index in [0.717, 1.165) is 0 Å². The molecule has 66 valence electrons. The smallest absolute Gasteiger partial charge is 0.150 e. The average molecular weight is 178 g/mol. The van der Waals surface area contributed by atoms with Gasteiger partial charge in [-0.1, -0.05) is 0 Å². The second kappa shape index (κ2) is 2.45. The molecule has 0 aromatic carbocycles. The predicted octanol–water partition coefficient (Wildman–Crippen LogP) is 0.192. The molecule has 0 spiro atoms. The van der Waals surface area contributed by atoms with E-state index < -0.39 is 15.4 Å². The fraction of sp³-hybridized carbons (Fsp3) is 1.00. The lowest BCUT2D eigenvalue weighted by molar-refractivity contribution is 0.0280. The Balaban J connectivity index is 2.70. The van der Waals surface area contributed by atoms with Crippen molar-refractivity contribution in [1.82, 2.24) is 0 Å². The Morgan fingerprint density at radius 2 is 2.00 bits per heavy atom. The molecule has 0 bridgehead atoms. The molecule has 11 heavy (non-hydrogen) atoms. The molecule has 4 heteroatoms. The van der Waals surface area contributed by atoms with Crippen LogP contribution < -0.4 is 0 Å². The summed E-state index contributed by atoms with van der Waals surface area (Å²) in [6.07, 6.45) is 0.603. The molecule has 1 atom stereocenters. The Morgan fingerprint density at radius 3 is 2.18 bits per heavy atom. The van der Waals surface area contributed by atoms with Crippen LogP contribution in [-0.4, -0.2) is 30.6 Å². The van der Waals surface area contributed by atoms with Gasteiger partial charge in [0.25, 0.3) is 0 Å². The molecule has 0 radical (unpaired) electrons. The normalized spacial score (nSPS) is 30.6. The summed E-state index contributed by atoms with van der Waals surface area (Å²) in [5.74, 6) is 0.311. The lowest BCUT2D eigenvalue weighted by atomic mass is 9.91. The van der Waals surface area contributed by atoms with Gasteiger partial charge < -0.3 is 5.11 Å². The summed E-state index contributed by atoms with van der Waals surface area (Å²) in [4.78, 5) is 0. The standard InChI is InChI=1S/C7H14O3S/c1-7(2,8)6-3-4-11(9,10)5-6/h6,8H,3-5H2,1-2H3. The summed E-state index contributed by atoms with van der Waals surface area (Å²) in [6, 6.07) is 0. The summed E-state index contributed by atoms with van der Waals surface area (Å²) >= 11 is 0. The van der Waals surface area contributed by atoms with Crippen molar-refractivity contribution in [3.63, 3.8) is 0 Å². The zero-order valence-corrected chi connectivity index (χ0v) is 7.69. The maximum absolute atomic E-state index is 11.0. The van der Waals surface area contributed by atoms with Gasteiger partial charge in [0.2, 0.25) is 0 Å². The molecule has 1 unspecified atom stereocenters. The molecule has 0 aromatic rings. The van der Waals surface area contributed by atoms with E-state index in [1.54, 1.807) is 13.8 Å². The van der Waals surface area contributed by atoms with Crippen LogP contribution in [0.1, 0.15) is 20.3 Å². The molecule has 1 fully saturated rings. The van der Waals surface area contributed by atoms with Gasteiger partial charge in [0.15, 0.2) is 9.84 Å². The highest BCUT2D eigenvalue weighted by Gasteiger charge is 2.36. The molecule has 1 aliphatic heterocycles. The van der Waals surface area contributed by atoms with Gasteiger partial charge in [-0.15, -0.1) is 0 Å². The van der Waals surface area contributed by atoms with Gasteiger partial charge in [-0.3, -0.25) is 0 Å². The van der Waals surface area contributed by atoms with Crippen molar-refractivity contribution >= 4 is 9.84 Å². The van der Waals surface area contributed by atoms with Crippen LogP contribution >= 0.6 is 0 Å². The number of rotatable bonds is 1. The Kier molecular flexibility index (Phi) is 2.01. The summed E-state index contributed by atoms with van der Waals surface area (Å²) in [5, 5.41) is 9.49. The van der Waals surface area contributed by atoms with Gasteiger partial charge in [0.1, 0.15) is 0 Å². The second-order valence-corrected chi connectivity index (χ2v) is 5.98. The van der Waals surface area contributed by atoms with Crippen molar-refractivity contribution in [2.24, 2.45) is 5.92 Å². The van der Waals surface area contributed by atoms with Crippen molar-refractivity contribution in [2.75, 3.05) is 11.5 Å². The fourth-order valence-electron chi connectivity index (χ4n) is 1.35. The fourth-order valence-corrected chi connectivity index (χ4v) is 3.35. The summed E-state index contributed by atoms with van der Waals surface area (Å²) < 4.78 is 22.0. The topological polar surface area (TPSA) is 54.4 Å². The van der Waals surface area contributed by atoms with Gasteiger partial charge in [-0.05, 0) is 20.3 Å². The molecule has 1 rings (SSSR count). The molecule has 1 N–H and O–H groups in total.